The van der Waals surface area contributed by atoms with Crippen molar-refractivity contribution in [3.63, 3.8) is 0 Å². The lowest BCUT2D eigenvalue weighted by atomic mass is 10.2. The molecule has 0 spiro atoms. The van der Waals surface area contributed by atoms with Crippen LogP contribution >= 0.6 is 0 Å². The number of rotatable bonds is 5. The highest BCUT2D eigenvalue weighted by Gasteiger charge is 2.24. The van der Waals surface area contributed by atoms with Crippen LogP contribution in [0.25, 0.3) is 0 Å². The Morgan fingerprint density at radius 1 is 1.58 bits per heavy atom. The number of hydrogen-bond acceptors (Lipinski definition) is 5. The molecular weight excluding hydrogens is 270 g/mol. The minimum atomic E-state index is -3.66. The van der Waals surface area contributed by atoms with E-state index in [1.54, 1.807) is 27.8 Å². The molecule has 19 heavy (non-hydrogen) atoms. The highest BCUT2D eigenvalue weighted by molar-refractivity contribution is 7.89. The summed E-state index contributed by atoms with van der Waals surface area (Å²) in [6.07, 6.45) is 0. The van der Waals surface area contributed by atoms with E-state index in [-0.39, 0.29) is 17.3 Å². The van der Waals surface area contributed by atoms with Gasteiger partial charge in [0.15, 0.2) is 0 Å². The third kappa shape index (κ3) is 3.24. The van der Waals surface area contributed by atoms with Crippen molar-refractivity contribution in [3.8, 4) is 0 Å². The van der Waals surface area contributed by atoms with Gasteiger partial charge in [-0.1, -0.05) is 12.1 Å². The summed E-state index contributed by atoms with van der Waals surface area (Å²) in [5, 5.41) is 15.4. The number of nitrogens with one attached hydrogen (secondary N) is 1. The molecule has 1 aromatic rings. The van der Waals surface area contributed by atoms with Gasteiger partial charge in [-0.3, -0.25) is 4.68 Å². The molecule has 8 nitrogen and oxygen atoms in total. The van der Waals surface area contributed by atoms with Gasteiger partial charge in [-0.2, -0.15) is 5.10 Å². The van der Waals surface area contributed by atoms with Crippen molar-refractivity contribution in [2.75, 3.05) is 6.54 Å². The summed E-state index contributed by atoms with van der Waals surface area (Å²) in [5.74, 6) is -0.431. The third-order valence-corrected chi connectivity index (χ3v) is 4.59. The summed E-state index contributed by atoms with van der Waals surface area (Å²) in [7, 11) is -1.98. The highest BCUT2D eigenvalue weighted by atomic mass is 32.2. The number of hydrogen-bond donors (Lipinski definition) is 3. The summed E-state index contributed by atoms with van der Waals surface area (Å²) in [6, 6.07) is 0. The fraction of sp³-hybridized carbons (Fsp3) is 0.600. The maximum Gasteiger partial charge on any atom is 0.244 e. The van der Waals surface area contributed by atoms with Crippen LogP contribution in [0.3, 0.4) is 0 Å². The third-order valence-electron chi connectivity index (χ3n) is 2.91. The van der Waals surface area contributed by atoms with Crippen molar-refractivity contribution < 1.29 is 13.6 Å². The second kappa shape index (κ2) is 5.57. The van der Waals surface area contributed by atoms with Crippen LogP contribution in [0.15, 0.2) is 10.1 Å². The number of sulfonamides is 1. The van der Waals surface area contributed by atoms with E-state index in [0.717, 1.165) is 0 Å². The van der Waals surface area contributed by atoms with Crippen molar-refractivity contribution in [3.05, 3.63) is 11.4 Å². The van der Waals surface area contributed by atoms with Crippen molar-refractivity contribution in [1.29, 1.82) is 0 Å². The maximum atomic E-state index is 12.2. The predicted molar refractivity (Wildman–Crippen MR) is 70.4 cm³/mol. The molecule has 1 unspecified atom stereocenters. The van der Waals surface area contributed by atoms with Gasteiger partial charge in [0, 0.05) is 19.5 Å². The molecule has 1 aromatic heterocycles. The van der Waals surface area contributed by atoms with Crippen LogP contribution in [0.5, 0.6) is 0 Å². The van der Waals surface area contributed by atoms with Crippen LogP contribution in [0, 0.1) is 19.8 Å². The molecule has 4 N–H and O–H groups in total. The molecule has 108 valence electrons. The number of amidine groups is 1. The van der Waals surface area contributed by atoms with E-state index in [1.807, 2.05) is 0 Å². The van der Waals surface area contributed by atoms with Crippen molar-refractivity contribution in [1.82, 2.24) is 14.5 Å². The second-order valence-electron chi connectivity index (χ2n) is 4.40. The van der Waals surface area contributed by atoms with Gasteiger partial charge >= 0.3 is 0 Å². The van der Waals surface area contributed by atoms with E-state index in [4.69, 9.17) is 10.9 Å². The minimum absolute atomic E-state index is 0.0256. The van der Waals surface area contributed by atoms with E-state index in [9.17, 15) is 8.42 Å². The van der Waals surface area contributed by atoms with Gasteiger partial charge < -0.3 is 10.9 Å². The number of nitrogens with zero attached hydrogens (tertiary/aromatic N) is 3. The molecule has 0 fully saturated rings. The first-order valence-electron chi connectivity index (χ1n) is 5.68. The second-order valence-corrected chi connectivity index (χ2v) is 6.11. The van der Waals surface area contributed by atoms with E-state index in [2.05, 4.69) is 15.0 Å². The zero-order chi connectivity index (χ0) is 14.8. The first-order chi connectivity index (χ1) is 8.70. The van der Waals surface area contributed by atoms with E-state index in [1.165, 1.54) is 4.68 Å². The standard InChI is InChI=1S/C10H19N5O3S/c1-6(10(11)14-16)5-12-19(17,18)9-7(2)13-15(4)8(9)3/h6,12,16H,5H2,1-4H3,(H2,11,14). The van der Waals surface area contributed by atoms with Gasteiger partial charge in [-0.25, -0.2) is 13.1 Å². The fourth-order valence-corrected chi connectivity index (χ4v) is 3.22. The Labute approximate surface area is 112 Å². The fourth-order valence-electron chi connectivity index (χ4n) is 1.65. The van der Waals surface area contributed by atoms with Crippen LogP contribution < -0.4 is 10.5 Å². The number of nitrogens with two attached hydrogens (primary N) is 1. The monoisotopic (exact) mass is 289 g/mol. The Balaban J connectivity index is 2.94. The van der Waals surface area contributed by atoms with Crippen molar-refractivity contribution in [2.45, 2.75) is 25.7 Å². The zero-order valence-electron chi connectivity index (χ0n) is 11.4. The molecule has 9 heteroatoms. The molecule has 1 atom stereocenters. The maximum absolute atomic E-state index is 12.2. The summed E-state index contributed by atoms with van der Waals surface area (Å²) >= 11 is 0. The summed E-state index contributed by atoms with van der Waals surface area (Å²) < 4.78 is 28.3. The van der Waals surface area contributed by atoms with Crippen LogP contribution in [0.4, 0.5) is 0 Å². The Morgan fingerprint density at radius 2 is 2.16 bits per heavy atom. The Morgan fingerprint density at radius 3 is 2.58 bits per heavy atom. The van der Waals surface area contributed by atoms with Gasteiger partial charge in [0.05, 0.1) is 11.4 Å². The van der Waals surface area contributed by atoms with Gasteiger partial charge in [-0.15, -0.1) is 0 Å². The van der Waals surface area contributed by atoms with Crippen LogP contribution in [-0.4, -0.2) is 35.8 Å². The van der Waals surface area contributed by atoms with Crippen LogP contribution in [0.2, 0.25) is 0 Å². The lowest BCUT2D eigenvalue weighted by molar-refractivity contribution is 0.314. The van der Waals surface area contributed by atoms with Gasteiger partial charge in [0.25, 0.3) is 0 Å². The Bertz CT molecular complexity index is 591. The average Bonchev–Trinajstić information content (AvgIpc) is 2.59. The number of oxime groups is 1. The van der Waals surface area contributed by atoms with Gasteiger partial charge in [-0.05, 0) is 13.8 Å². The first-order valence-corrected chi connectivity index (χ1v) is 7.16. The first kappa shape index (κ1) is 15.4. The normalized spacial score (nSPS) is 14.6. The molecule has 1 rings (SSSR count). The zero-order valence-corrected chi connectivity index (χ0v) is 12.2. The Hall–Kier alpha value is -1.61. The molecule has 0 bridgehead atoms. The van der Waals surface area contributed by atoms with E-state index >= 15 is 0 Å². The average molecular weight is 289 g/mol. The molecule has 0 amide bonds. The molecule has 0 saturated heterocycles. The minimum Gasteiger partial charge on any atom is -0.409 e. The molecule has 0 aliphatic rings. The molecule has 0 aliphatic heterocycles. The van der Waals surface area contributed by atoms with E-state index in [0.29, 0.717) is 11.4 Å². The molecule has 0 aliphatic carbocycles. The molecular formula is C10H19N5O3S. The molecule has 0 radical (unpaired) electrons. The highest BCUT2D eigenvalue weighted by Crippen LogP contribution is 2.18. The quantitative estimate of drug-likeness (QED) is 0.297. The predicted octanol–water partition coefficient (Wildman–Crippen LogP) is -0.302. The lowest BCUT2D eigenvalue weighted by Crippen LogP contribution is -2.35. The van der Waals surface area contributed by atoms with E-state index < -0.39 is 15.9 Å². The summed E-state index contributed by atoms with van der Waals surface area (Å²) in [4.78, 5) is 0.168. The molecule has 1 heterocycles. The van der Waals surface area contributed by atoms with Crippen LogP contribution in [0.1, 0.15) is 18.3 Å². The molecule has 0 saturated carbocycles. The summed E-state index contributed by atoms with van der Waals surface area (Å²) in [6.45, 7) is 5.02. The van der Waals surface area contributed by atoms with Crippen molar-refractivity contribution >= 4 is 15.9 Å². The van der Waals surface area contributed by atoms with Crippen molar-refractivity contribution in [2.24, 2.45) is 23.9 Å². The SMILES string of the molecule is Cc1nn(C)c(C)c1S(=O)(=O)NCC(C)C(N)=NO. The lowest BCUT2D eigenvalue weighted by Gasteiger charge is -2.11. The topological polar surface area (TPSA) is 123 Å². The largest absolute Gasteiger partial charge is 0.409 e. The summed E-state index contributed by atoms with van der Waals surface area (Å²) in [5.41, 5.74) is 6.39. The number of aromatic nitrogens is 2. The molecule has 0 aromatic carbocycles. The number of aryl methyl sites for hydroxylation is 2. The van der Waals surface area contributed by atoms with Gasteiger partial charge in [0.2, 0.25) is 10.0 Å². The van der Waals surface area contributed by atoms with Crippen LogP contribution in [-0.2, 0) is 17.1 Å². The Kier molecular flexibility index (Phi) is 4.53. The smallest absolute Gasteiger partial charge is 0.244 e. The van der Waals surface area contributed by atoms with Gasteiger partial charge in [0.1, 0.15) is 10.7 Å².